The fraction of sp³-hybridized carbons (Fsp3) is 0.474. The molecule has 1 aromatic carbocycles. The first-order chi connectivity index (χ1) is 11.1. The Hall–Kier alpha value is 0.446. The number of nitrogens with zero attached hydrogens (tertiary/aromatic N) is 1. The van der Waals surface area contributed by atoms with Crippen LogP contribution < -0.4 is 51.4 Å². The zero-order valence-corrected chi connectivity index (χ0v) is 19.8. The molecule has 0 radical (unpaired) electrons. The zero-order valence-electron chi connectivity index (χ0n) is 15.1. The van der Waals surface area contributed by atoms with E-state index in [9.17, 15) is 4.79 Å². The molecule has 1 rings (SSSR count). The average molecular weight is 389 g/mol. The van der Waals surface area contributed by atoms with Crippen LogP contribution in [0.15, 0.2) is 24.3 Å². The van der Waals surface area contributed by atoms with Crippen molar-refractivity contribution >= 4 is 41.3 Å². The van der Waals surface area contributed by atoms with Gasteiger partial charge in [0.05, 0.1) is 0 Å². The molecule has 0 aromatic heterocycles. The fourth-order valence-corrected chi connectivity index (χ4v) is 2.94. The van der Waals surface area contributed by atoms with Crippen LogP contribution in [0.2, 0.25) is 5.02 Å². The summed E-state index contributed by atoms with van der Waals surface area (Å²) in [4.78, 5) is 12.9. The molecule has 126 valence electrons. The third-order valence-corrected chi connectivity index (χ3v) is 4.33. The van der Waals surface area contributed by atoms with Crippen LogP contribution >= 0.6 is 23.8 Å². The van der Waals surface area contributed by atoms with Crippen LogP contribution in [0.4, 0.5) is 0 Å². The largest absolute Gasteiger partial charge is 1.00 e. The topological polar surface area (TPSA) is 20.3 Å². The minimum absolute atomic E-state index is 0. The second-order valence-corrected chi connectivity index (χ2v) is 6.37. The molecule has 0 amide bonds. The number of allylic oxidation sites excluding steroid dienone is 1. The van der Waals surface area contributed by atoms with Gasteiger partial charge in [-0.15, -0.1) is 5.70 Å². The normalized spacial score (nSPS) is 12.2. The van der Waals surface area contributed by atoms with E-state index in [1.165, 1.54) is 18.9 Å². The summed E-state index contributed by atoms with van der Waals surface area (Å²) < 4.78 is 0. The van der Waals surface area contributed by atoms with E-state index >= 15 is 0 Å². The third-order valence-electron chi connectivity index (χ3n) is 3.87. The molecule has 0 aliphatic rings. The Morgan fingerprint density at radius 3 is 2.67 bits per heavy atom. The maximum Gasteiger partial charge on any atom is 1.00 e. The summed E-state index contributed by atoms with van der Waals surface area (Å²) in [5.41, 5.74) is 5.55. The van der Waals surface area contributed by atoms with Crippen molar-refractivity contribution < 1.29 is 56.2 Å². The molecule has 0 aliphatic heterocycles. The SMILES string of the molecule is CCCC[C@H](C)CN([C-]=S)/C(=C\[C-]=O)c1cc(Cl)ccc1CC.[K+]. The predicted molar refractivity (Wildman–Crippen MR) is 102 cm³/mol. The molecule has 24 heavy (non-hydrogen) atoms. The molecule has 0 fully saturated rings. The molecule has 0 bridgehead atoms. The van der Waals surface area contributed by atoms with Gasteiger partial charge in [0.15, 0.2) is 0 Å². The van der Waals surface area contributed by atoms with E-state index in [2.05, 4.69) is 26.3 Å². The van der Waals surface area contributed by atoms with Gasteiger partial charge in [0, 0.05) is 5.02 Å². The maximum atomic E-state index is 11.0. The second kappa shape index (κ2) is 13.6. The molecule has 0 aliphatic carbocycles. The van der Waals surface area contributed by atoms with E-state index in [0.29, 0.717) is 10.9 Å². The van der Waals surface area contributed by atoms with Gasteiger partial charge in [-0.1, -0.05) is 74.0 Å². The molecular weight excluding hydrogens is 365 g/mol. The van der Waals surface area contributed by atoms with E-state index in [1.807, 2.05) is 29.4 Å². The Morgan fingerprint density at radius 1 is 1.42 bits per heavy atom. The van der Waals surface area contributed by atoms with E-state index in [4.69, 9.17) is 23.8 Å². The van der Waals surface area contributed by atoms with Crippen LogP contribution in [0, 0.1) is 5.92 Å². The number of carbonyl (C=O) groups excluding carboxylic acids is 1. The van der Waals surface area contributed by atoms with Crippen LogP contribution in [0.5, 0.6) is 0 Å². The van der Waals surface area contributed by atoms with Gasteiger partial charge in [-0.2, -0.15) is 6.08 Å². The first-order valence-corrected chi connectivity index (χ1v) is 8.87. The molecule has 1 aromatic rings. The van der Waals surface area contributed by atoms with Crippen LogP contribution in [0.3, 0.4) is 0 Å². The summed E-state index contributed by atoms with van der Waals surface area (Å²) in [5, 5.41) is 0.636. The van der Waals surface area contributed by atoms with Gasteiger partial charge in [-0.3, -0.25) is 0 Å². The fourth-order valence-electron chi connectivity index (χ4n) is 2.59. The molecule has 0 saturated heterocycles. The average Bonchev–Trinajstić information content (AvgIpc) is 2.56. The molecular formula is C19H24ClKNOS-. The van der Waals surface area contributed by atoms with Crippen molar-refractivity contribution in [2.75, 3.05) is 6.54 Å². The van der Waals surface area contributed by atoms with Crippen molar-refractivity contribution in [1.29, 1.82) is 0 Å². The van der Waals surface area contributed by atoms with Gasteiger partial charge in [-0.05, 0) is 37.7 Å². The van der Waals surface area contributed by atoms with E-state index in [-0.39, 0.29) is 51.4 Å². The van der Waals surface area contributed by atoms with Gasteiger partial charge < -0.3 is 9.69 Å². The van der Waals surface area contributed by atoms with Crippen molar-refractivity contribution in [1.82, 2.24) is 4.90 Å². The number of hydrogen-bond acceptors (Lipinski definition) is 2. The van der Waals surface area contributed by atoms with Crippen LogP contribution in [0.25, 0.3) is 5.70 Å². The molecule has 0 spiro atoms. The van der Waals surface area contributed by atoms with Crippen LogP contribution in [0.1, 0.15) is 51.2 Å². The molecule has 0 unspecified atom stereocenters. The van der Waals surface area contributed by atoms with Crippen molar-refractivity contribution in [2.45, 2.75) is 46.5 Å². The van der Waals surface area contributed by atoms with Gasteiger partial charge >= 0.3 is 51.4 Å². The second-order valence-electron chi connectivity index (χ2n) is 5.75. The standard InChI is InChI=1S/C19H24ClNOS.K/c1-4-6-7-15(3)13-21(14-23)19(10-11-22)18-12-17(20)9-8-16(18)5-2;/h8-10,12,15H,4-7,13H2,1-3H3;/q-2;+1/b19-10-;/t15-;/m0./s1. The Labute approximate surface area is 199 Å². The summed E-state index contributed by atoms with van der Waals surface area (Å²) in [7, 11) is 0. The maximum absolute atomic E-state index is 11.0. The van der Waals surface area contributed by atoms with Crippen LogP contribution in [-0.4, -0.2) is 23.2 Å². The number of aryl methyl sites for hydroxylation is 1. The van der Waals surface area contributed by atoms with Gasteiger partial charge in [0.1, 0.15) is 0 Å². The summed E-state index contributed by atoms with van der Waals surface area (Å²) in [5.74, 6) is 0.463. The van der Waals surface area contributed by atoms with Crippen molar-refractivity contribution in [3.05, 3.63) is 40.4 Å². The monoisotopic (exact) mass is 388 g/mol. The minimum atomic E-state index is 0. The van der Waals surface area contributed by atoms with Gasteiger partial charge in [0.25, 0.3) is 0 Å². The number of unbranched alkanes of at least 4 members (excludes halogenated alkanes) is 1. The van der Waals surface area contributed by atoms with Gasteiger partial charge in [0.2, 0.25) is 0 Å². The molecule has 1 atom stereocenters. The van der Waals surface area contributed by atoms with E-state index < -0.39 is 0 Å². The quantitative estimate of drug-likeness (QED) is 0.202. The number of benzene rings is 1. The number of rotatable bonds is 10. The third kappa shape index (κ3) is 7.77. The summed E-state index contributed by atoms with van der Waals surface area (Å²) in [6.07, 6.45) is 7.64. The smallest absolute Gasteiger partial charge is 0.502 e. The van der Waals surface area contributed by atoms with Crippen molar-refractivity contribution in [2.24, 2.45) is 5.92 Å². The Balaban J connectivity index is 0.00000529. The van der Waals surface area contributed by atoms with Crippen molar-refractivity contribution in [3.8, 4) is 0 Å². The summed E-state index contributed by atoms with van der Waals surface area (Å²) in [6, 6.07) is 5.72. The minimum Gasteiger partial charge on any atom is -0.502 e. The number of hydrogen-bond donors (Lipinski definition) is 0. The van der Waals surface area contributed by atoms with E-state index in [1.54, 1.807) is 0 Å². The molecule has 0 saturated carbocycles. The number of halogens is 1. The molecule has 0 N–H and O–H groups in total. The van der Waals surface area contributed by atoms with Gasteiger partial charge in [-0.25, -0.2) is 12.2 Å². The Kier molecular flexibility index (Phi) is 13.9. The Bertz CT molecular complexity index is 562. The number of thiocarbonyl (C=S) groups is 1. The molecule has 5 heteroatoms. The summed E-state index contributed by atoms with van der Waals surface area (Å²) in [6.45, 7) is 7.18. The van der Waals surface area contributed by atoms with E-state index in [0.717, 1.165) is 36.2 Å². The summed E-state index contributed by atoms with van der Waals surface area (Å²) >= 11 is 11.2. The van der Waals surface area contributed by atoms with Crippen LogP contribution in [-0.2, 0) is 11.2 Å². The molecule has 2 nitrogen and oxygen atoms in total. The first-order valence-electron chi connectivity index (χ1n) is 8.09. The molecule has 0 heterocycles. The predicted octanol–water partition coefficient (Wildman–Crippen LogP) is 2.32. The first kappa shape index (κ1) is 24.4. The van der Waals surface area contributed by atoms with Crippen molar-refractivity contribution in [3.63, 3.8) is 0 Å². The Morgan fingerprint density at radius 2 is 2.12 bits per heavy atom. The zero-order chi connectivity index (χ0) is 17.2.